The molecule has 0 aliphatic rings. The number of carbonyl (C=O) groups is 1. The fraction of sp³-hybridized carbons (Fsp3) is 0.375. The van der Waals surface area contributed by atoms with Crippen LogP contribution in [0.15, 0.2) is 35.1 Å². The Kier molecular flexibility index (Phi) is 4.60. The molecule has 0 aliphatic heterocycles. The van der Waals surface area contributed by atoms with Gasteiger partial charge in [-0.2, -0.15) is 0 Å². The van der Waals surface area contributed by atoms with Crippen molar-refractivity contribution < 1.29 is 9.90 Å². The molecule has 1 heterocycles. The molecule has 0 fully saturated rings. The third-order valence-electron chi connectivity index (χ3n) is 3.64. The van der Waals surface area contributed by atoms with Crippen molar-refractivity contribution in [2.45, 2.75) is 26.3 Å². The molecule has 23 heavy (non-hydrogen) atoms. The molecule has 0 bridgehead atoms. The summed E-state index contributed by atoms with van der Waals surface area (Å²) in [5.74, 6) is 0. The highest BCUT2D eigenvalue weighted by atomic mass is 16.3. The van der Waals surface area contributed by atoms with Gasteiger partial charge in [0.2, 0.25) is 0 Å². The molecule has 7 heteroatoms. The summed E-state index contributed by atoms with van der Waals surface area (Å²) in [6.45, 7) is 4.93. The Morgan fingerprint density at radius 3 is 2.43 bits per heavy atom. The number of benzene rings is 1. The van der Waals surface area contributed by atoms with E-state index in [-0.39, 0.29) is 17.9 Å². The molecule has 0 aliphatic carbocycles. The zero-order valence-electron chi connectivity index (χ0n) is 13.8. The van der Waals surface area contributed by atoms with Gasteiger partial charge in [0, 0.05) is 7.05 Å². The molecular weight excluding hydrogens is 296 g/mol. The normalized spacial score (nSPS) is 11.3. The summed E-state index contributed by atoms with van der Waals surface area (Å²) in [6.07, 6.45) is 0. The molecule has 0 atom stereocenters. The van der Waals surface area contributed by atoms with Crippen molar-refractivity contribution in [1.29, 1.82) is 0 Å². The zero-order valence-corrected chi connectivity index (χ0v) is 13.8. The SMILES string of the molecule is Cc1c(NC(=O)NC(C)(C)CO)c(=O)n(-c2ccccc2)n1C. The lowest BCUT2D eigenvalue weighted by Gasteiger charge is -2.23. The van der Waals surface area contributed by atoms with Gasteiger partial charge < -0.3 is 15.7 Å². The molecular formula is C16H22N4O3. The van der Waals surface area contributed by atoms with Crippen LogP contribution in [0.3, 0.4) is 0 Å². The number of aliphatic hydroxyl groups is 1. The van der Waals surface area contributed by atoms with Crippen LogP contribution in [0.5, 0.6) is 0 Å². The number of aromatic nitrogens is 2. The summed E-state index contributed by atoms with van der Waals surface area (Å²) in [4.78, 5) is 24.7. The van der Waals surface area contributed by atoms with Crippen LogP contribution in [-0.2, 0) is 7.05 Å². The lowest BCUT2D eigenvalue weighted by molar-refractivity contribution is 0.187. The van der Waals surface area contributed by atoms with E-state index in [2.05, 4.69) is 10.6 Å². The van der Waals surface area contributed by atoms with Gasteiger partial charge in [-0.15, -0.1) is 0 Å². The molecule has 0 radical (unpaired) electrons. The fourth-order valence-electron chi connectivity index (χ4n) is 2.20. The van der Waals surface area contributed by atoms with Crippen molar-refractivity contribution in [3.8, 4) is 5.69 Å². The minimum Gasteiger partial charge on any atom is -0.394 e. The van der Waals surface area contributed by atoms with Crippen LogP contribution in [0, 0.1) is 6.92 Å². The average Bonchev–Trinajstić information content (AvgIpc) is 2.71. The number of hydrogen-bond donors (Lipinski definition) is 3. The van der Waals surface area contributed by atoms with E-state index in [1.807, 2.05) is 30.3 Å². The number of nitrogens with zero attached hydrogens (tertiary/aromatic N) is 2. The molecule has 0 saturated heterocycles. The molecule has 7 nitrogen and oxygen atoms in total. The maximum Gasteiger partial charge on any atom is 0.319 e. The number of aliphatic hydroxyl groups excluding tert-OH is 1. The van der Waals surface area contributed by atoms with E-state index in [0.717, 1.165) is 0 Å². The van der Waals surface area contributed by atoms with Crippen LogP contribution < -0.4 is 16.2 Å². The van der Waals surface area contributed by atoms with Crippen molar-refractivity contribution in [3.05, 3.63) is 46.4 Å². The van der Waals surface area contributed by atoms with Gasteiger partial charge in [-0.3, -0.25) is 9.48 Å². The minimum absolute atomic E-state index is 0.206. The molecule has 3 N–H and O–H groups in total. The second-order valence-electron chi connectivity index (χ2n) is 6.06. The van der Waals surface area contributed by atoms with Crippen LogP contribution in [-0.4, -0.2) is 32.6 Å². The van der Waals surface area contributed by atoms with Gasteiger partial charge in [0.1, 0.15) is 5.69 Å². The predicted molar refractivity (Wildman–Crippen MR) is 89.1 cm³/mol. The maximum atomic E-state index is 12.6. The average molecular weight is 318 g/mol. The van der Waals surface area contributed by atoms with Crippen molar-refractivity contribution in [3.63, 3.8) is 0 Å². The van der Waals surface area contributed by atoms with Crippen molar-refractivity contribution in [1.82, 2.24) is 14.7 Å². The number of carbonyl (C=O) groups excluding carboxylic acids is 1. The largest absolute Gasteiger partial charge is 0.394 e. The van der Waals surface area contributed by atoms with Gasteiger partial charge in [0.15, 0.2) is 0 Å². The zero-order chi connectivity index (χ0) is 17.2. The predicted octanol–water partition coefficient (Wildman–Crippen LogP) is 1.38. The summed E-state index contributed by atoms with van der Waals surface area (Å²) in [6, 6.07) is 8.66. The fourth-order valence-corrected chi connectivity index (χ4v) is 2.20. The number of amides is 2. The highest BCUT2D eigenvalue weighted by Gasteiger charge is 2.22. The topological polar surface area (TPSA) is 88.3 Å². The van der Waals surface area contributed by atoms with Crippen LogP contribution in [0.1, 0.15) is 19.5 Å². The van der Waals surface area contributed by atoms with Crippen LogP contribution in [0.2, 0.25) is 0 Å². The molecule has 124 valence electrons. The molecule has 0 saturated carbocycles. The van der Waals surface area contributed by atoms with Gasteiger partial charge in [-0.05, 0) is 32.9 Å². The molecule has 0 spiro atoms. The first-order valence-corrected chi connectivity index (χ1v) is 7.31. The van der Waals surface area contributed by atoms with E-state index in [9.17, 15) is 14.7 Å². The lowest BCUT2D eigenvalue weighted by atomic mass is 10.1. The number of hydrogen-bond acceptors (Lipinski definition) is 3. The van der Waals surface area contributed by atoms with E-state index >= 15 is 0 Å². The molecule has 2 aromatic rings. The Bertz CT molecular complexity index is 760. The summed E-state index contributed by atoms with van der Waals surface area (Å²) < 4.78 is 3.17. The Hall–Kier alpha value is -2.54. The molecule has 0 unspecified atom stereocenters. The van der Waals surface area contributed by atoms with E-state index in [1.165, 1.54) is 4.68 Å². The van der Waals surface area contributed by atoms with E-state index in [0.29, 0.717) is 11.4 Å². The summed E-state index contributed by atoms with van der Waals surface area (Å²) >= 11 is 0. The minimum atomic E-state index is -0.773. The van der Waals surface area contributed by atoms with E-state index in [4.69, 9.17) is 0 Å². The summed E-state index contributed by atoms with van der Waals surface area (Å²) in [5.41, 5.74) is 0.476. The van der Waals surface area contributed by atoms with Crippen molar-refractivity contribution in [2.24, 2.45) is 7.05 Å². The van der Waals surface area contributed by atoms with Crippen molar-refractivity contribution >= 4 is 11.7 Å². The molecule has 1 aromatic heterocycles. The highest BCUT2D eigenvalue weighted by molar-refractivity contribution is 5.90. The Morgan fingerprint density at radius 1 is 1.26 bits per heavy atom. The molecule has 2 rings (SSSR count). The smallest absolute Gasteiger partial charge is 0.319 e. The Balaban J connectivity index is 2.35. The number of para-hydroxylation sites is 1. The quantitative estimate of drug-likeness (QED) is 0.795. The number of nitrogens with one attached hydrogen (secondary N) is 2. The Morgan fingerprint density at radius 2 is 1.87 bits per heavy atom. The van der Waals surface area contributed by atoms with E-state index < -0.39 is 11.6 Å². The summed E-state index contributed by atoms with van der Waals surface area (Å²) in [7, 11) is 1.75. The lowest BCUT2D eigenvalue weighted by Crippen LogP contribution is -2.48. The first kappa shape index (κ1) is 16.8. The highest BCUT2D eigenvalue weighted by Crippen LogP contribution is 2.14. The van der Waals surface area contributed by atoms with Gasteiger partial charge in [0.25, 0.3) is 5.56 Å². The van der Waals surface area contributed by atoms with Crippen LogP contribution >= 0.6 is 0 Å². The monoisotopic (exact) mass is 318 g/mol. The third-order valence-corrected chi connectivity index (χ3v) is 3.64. The number of rotatable bonds is 4. The Labute approximate surface area is 134 Å². The standard InChI is InChI=1S/C16H22N4O3/c1-11-13(17-15(23)18-16(2,3)10-21)14(22)20(19(11)4)12-8-6-5-7-9-12/h5-9,21H,10H2,1-4H3,(H2,17,18,23). The third kappa shape index (κ3) is 3.45. The molecule has 1 aromatic carbocycles. The maximum absolute atomic E-state index is 12.6. The van der Waals surface area contributed by atoms with Gasteiger partial charge in [-0.1, -0.05) is 18.2 Å². The van der Waals surface area contributed by atoms with Crippen LogP contribution in [0.25, 0.3) is 5.69 Å². The van der Waals surface area contributed by atoms with Gasteiger partial charge in [0.05, 0.1) is 23.5 Å². The number of urea groups is 1. The first-order chi connectivity index (χ1) is 10.8. The summed E-state index contributed by atoms with van der Waals surface area (Å²) in [5, 5.41) is 14.4. The second kappa shape index (κ2) is 6.29. The molecule has 2 amide bonds. The number of anilines is 1. The first-order valence-electron chi connectivity index (χ1n) is 7.31. The van der Waals surface area contributed by atoms with Crippen molar-refractivity contribution in [2.75, 3.05) is 11.9 Å². The second-order valence-corrected chi connectivity index (χ2v) is 6.06. The van der Waals surface area contributed by atoms with Gasteiger partial charge >= 0.3 is 6.03 Å². The van der Waals surface area contributed by atoms with Crippen LogP contribution in [0.4, 0.5) is 10.5 Å². The van der Waals surface area contributed by atoms with Gasteiger partial charge in [-0.25, -0.2) is 9.48 Å². The van der Waals surface area contributed by atoms with E-state index in [1.54, 1.807) is 32.5 Å².